The maximum Gasteiger partial charge on any atom is 0.407 e. The van der Waals surface area contributed by atoms with Crippen molar-refractivity contribution < 1.29 is 41.7 Å². The van der Waals surface area contributed by atoms with Gasteiger partial charge in [-0.25, -0.2) is 9.52 Å². The minimum Gasteiger partial charge on any atom is -0.465 e. The first-order valence-electron chi connectivity index (χ1n) is 16.1. The van der Waals surface area contributed by atoms with E-state index in [1.165, 1.54) is 28.4 Å². The second-order valence-corrected chi connectivity index (χ2v) is 13.2. The highest BCUT2D eigenvalue weighted by Gasteiger charge is 2.36. The van der Waals surface area contributed by atoms with Gasteiger partial charge in [0.1, 0.15) is 12.1 Å². The molecule has 0 aromatic carbocycles. The van der Waals surface area contributed by atoms with Crippen molar-refractivity contribution in [1.82, 2.24) is 24.7 Å². The summed E-state index contributed by atoms with van der Waals surface area (Å²) in [6.07, 6.45) is 13.0. The monoisotopic (exact) mass is 677 g/mol. The molecule has 1 saturated heterocycles. The van der Waals surface area contributed by atoms with Crippen LogP contribution in [0.15, 0.2) is 48.1 Å². The van der Waals surface area contributed by atoms with Crippen LogP contribution in [0.5, 0.6) is 0 Å². The number of nitrogens with one attached hydrogen (secondary N) is 2. The minimum atomic E-state index is -4.33. The van der Waals surface area contributed by atoms with E-state index >= 15 is 0 Å². The van der Waals surface area contributed by atoms with E-state index < -0.39 is 40.3 Å². The number of hydrogen-bond donors (Lipinski definition) is 3. The molecule has 3 rings (SSSR count). The highest BCUT2D eigenvalue weighted by Crippen LogP contribution is 2.32. The molecule has 0 aromatic rings. The van der Waals surface area contributed by atoms with Crippen molar-refractivity contribution in [3.63, 3.8) is 0 Å². The normalized spacial score (nSPS) is 19.9. The number of carboxylic acid groups (broad SMARTS) is 1. The zero-order chi connectivity index (χ0) is 34.6. The lowest BCUT2D eigenvalue weighted by molar-refractivity contribution is -0.141. The van der Waals surface area contributed by atoms with E-state index in [-0.39, 0.29) is 43.6 Å². The molecule has 0 saturated carbocycles. The maximum atomic E-state index is 13.0. The fourth-order valence-electron chi connectivity index (χ4n) is 5.94. The third-order valence-corrected chi connectivity index (χ3v) is 9.43. The average molecular weight is 678 g/mol. The molecule has 1 aliphatic carbocycles. The smallest absolute Gasteiger partial charge is 0.407 e. The van der Waals surface area contributed by atoms with Gasteiger partial charge in [-0.3, -0.25) is 23.4 Å². The molecule has 260 valence electrons. The lowest BCUT2D eigenvalue weighted by Crippen LogP contribution is -2.53. The van der Waals surface area contributed by atoms with Crippen LogP contribution in [0.4, 0.5) is 4.79 Å². The zero-order valence-corrected chi connectivity index (χ0v) is 28.0. The van der Waals surface area contributed by atoms with Crippen LogP contribution in [-0.4, -0.2) is 110 Å². The number of allylic oxidation sites excluding steroid dienone is 3. The van der Waals surface area contributed by atoms with Crippen molar-refractivity contribution in [2.24, 2.45) is 5.92 Å². The Hall–Kier alpha value is -3.98. The van der Waals surface area contributed by atoms with Crippen molar-refractivity contribution in [3.8, 4) is 0 Å². The van der Waals surface area contributed by atoms with E-state index in [2.05, 4.69) is 34.3 Å². The number of amides is 5. The van der Waals surface area contributed by atoms with Gasteiger partial charge in [0.15, 0.2) is 0 Å². The molecule has 0 radical (unpaired) electrons. The Morgan fingerprint density at radius 2 is 1.96 bits per heavy atom. The molecule has 0 aromatic heterocycles. The quantitative estimate of drug-likeness (QED) is 0.154. The van der Waals surface area contributed by atoms with E-state index in [0.717, 1.165) is 31.3 Å². The first-order valence-corrected chi connectivity index (χ1v) is 17.5. The number of unbranched alkanes of at least 4 members (excludes halogenated alkanes) is 2. The summed E-state index contributed by atoms with van der Waals surface area (Å²) in [4.78, 5) is 67.1. The Bertz CT molecular complexity index is 1390. The van der Waals surface area contributed by atoms with E-state index in [9.17, 15) is 37.5 Å². The Morgan fingerprint density at radius 3 is 2.66 bits per heavy atom. The van der Waals surface area contributed by atoms with Gasteiger partial charge in [0.05, 0.1) is 6.61 Å². The molecule has 15 heteroatoms. The van der Waals surface area contributed by atoms with Crippen molar-refractivity contribution >= 4 is 40.0 Å². The average Bonchev–Trinajstić information content (AvgIpc) is 3.69. The van der Waals surface area contributed by atoms with Crippen molar-refractivity contribution in [2.45, 2.75) is 76.8 Å². The first-order chi connectivity index (χ1) is 22.4. The molecule has 3 atom stereocenters. The Balaban J connectivity index is 1.39. The minimum absolute atomic E-state index is 0.00311. The Labute approximate surface area is 276 Å². The Kier molecular flexibility index (Phi) is 14.2. The van der Waals surface area contributed by atoms with Crippen molar-refractivity contribution in [2.75, 3.05) is 39.8 Å². The van der Waals surface area contributed by atoms with Gasteiger partial charge in [-0.2, -0.15) is 8.42 Å². The molecule has 3 unspecified atom stereocenters. The molecule has 47 heavy (non-hydrogen) atoms. The molecule has 1 fully saturated rings. The highest BCUT2D eigenvalue weighted by atomic mass is 32.2. The van der Waals surface area contributed by atoms with Crippen LogP contribution in [0.1, 0.15) is 64.7 Å². The largest absolute Gasteiger partial charge is 0.465 e. The molecule has 3 N–H and O–H groups in total. The fourth-order valence-corrected chi connectivity index (χ4v) is 6.70. The van der Waals surface area contributed by atoms with Crippen molar-refractivity contribution in [3.05, 3.63) is 48.1 Å². The number of hydrogen-bond acceptors (Lipinski definition) is 8. The summed E-state index contributed by atoms with van der Waals surface area (Å²) in [5.74, 6) is -1.89. The van der Waals surface area contributed by atoms with E-state index in [0.29, 0.717) is 39.0 Å². The molecular formula is C32H47N5O9S. The number of nitrogens with zero attached hydrogens (tertiary/aromatic N) is 3. The molecule has 5 amide bonds. The standard InChI is InChI=1S/C32H47N5O9S/c1-4-12-26(30(40)34-47(44,45)46-5-2)33-31(41)27-16-11-20-37(27)29(39)18-17-28(38)35(3)19-9-7-6-8-13-23-14-10-15-24-21-36(32(42)43)22-25(23)24/h4,8,10,13,15,23,26-27H,1,5-7,9,11-12,14,16-22H2,2-3H3,(H,33,41)(H,34,40)(H,42,43). The van der Waals surface area contributed by atoms with Gasteiger partial charge in [-0.05, 0) is 63.0 Å². The maximum absolute atomic E-state index is 13.0. The van der Waals surface area contributed by atoms with Gasteiger partial charge in [-0.1, -0.05) is 30.4 Å². The predicted octanol–water partition coefficient (Wildman–Crippen LogP) is 2.27. The summed E-state index contributed by atoms with van der Waals surface area (Å²) in [5.41, 5.74) is 2.26. The highest BCUT2D eigenvalue weighted by molar-refractivity contribution is 7.85. The number of carbonyl (C=O) groups is 5. The van der Waals surface area contributed by atoms with Gasteiger partial charge in [0, 0.05) is 52.0 Å². The van der Waals surface area contributed by atoms with Crippen LogP contribution in [0, 0.1) is 5.92 Å². The fraction of sp³-hybridized carbons (Fsp3) is 0.594. The molecular weight excluding hydrogens is 630 g/mol. The molecule has 2 heterocycles. The topological polar surface area (TPSA) is 183 Å². The van der Waals surface area contributed by atoms with E-state index in [4.69, 9.17) is 0 Å². The second kappa shape index (κ2) is 17.8. The van der Waals surface area contributed by atoms with Crippen LogP contribution in [0.2, 0.25) is 0 Å². The van der Waals surface area contributed by atoms with Crippen LogP contribution in [-0.2, 0) is 33.7 Å². The zero-order valence-electron chi connectivity index (χ0n) is 27.2. The molecule has 0 bridgehead atoms. The first kappa shape index (κ1) is 37.5. The second-order valence-electron chi connectivity index (χ2n) is 11.8. The van der Waals surface area contributed by atoms with Gasteiger partial charge >= 0.3 is 16.4 Å². The van der Waals surface area contributed by atoms with Crippen LogP contribution >= 0.6 is 0 Å². The summed E-state index contributed by atoms with van der Waals surface area (Å²) in [6.45, 7) is 6.58. The third-order valence-electron chi connectivity index (χ3n) is 8.43. The number of carbonyl (C=O) groups excluding carboxylic acids is 4. The van der Waals surface area contributed by atoms with Crippen LogP contribution in [0.3, 0.4) is 0 Å². The number of likely N-dealkylation sites (tertiary alicyclic amines) is 1. The summed E-state index contributed by atoms with van der Waals surface area (Å²) in [6, 6.07) is -2.07. The summed E-state index contributed by atoms with van der Waals surface area (Å²) in [7, 11) is -2.63. The molecule has 0 spiro atoms. The summed E-state index contributed by atoms with van der Waals surface area (Å²) >= 11 is 0. The van der Waals surface area contributed by atoms with Gasteiger partial charge in [0.25, 0.3) is 5.91 Å². The molecule has 2 aliphatic heterocycles. The molecule has 3 aliphatic rings. The third kappa shape index (κ3) is 11.1. The Morgan fingerprint density at radius 1 is 1.19 bits per heavy atom. The van der Waals surface area contributed by atoms with E-state index in [1.807, 2.05) is 6.08 Å². The van der Waals surface area contributed by atoms with Crippen LogP contribution in [0.25, 0.3) is 0 Å². The SMILES string of the molecule is C=CCC(NC(=O)C1CCCN1C(=O)CCC(=O)N(C)CCCCC=CC1CC=CC2=C1CN(C(=O)O)C2)C(=O)NS(=O)(=O)OCC. The molecule has 14 nitrogen and oxygen atoms in total. The van der Waals surface area contributed by atoms with Crippen molar-refractivity contribution in [1.29, 1.82) is 0 Å². The van der Waals surface area contributed by atoms with Crippen LogP contribution < -0.4 is 10.0 Å². The van der Waals surface area contributed by atoms with Gasteiger partial charge in [-0.15, -0.1) is 6.58 Å². The van der Waals surface area contributed by atoms with Gasteiger partial charge in [0.2, 0.25) is 17.7 Å². The summed E-state index contributed by atoms with van der Waals surface area (Å²) < 4.78 is 29.9. The lowest BCUT2D eigenvalue weighted by atomic mass is 9.88. The number of rotatable bonds is 17. The lowest BCUT2D eigenvalue weighted by Gasteiger charge is -2.26. The van der Waals surface area contributed by atoms with Gasteiger partial charge < -0.3 is 25.1 Å². The summed E-state index contributed by atoms with van der Waals surface area (Å²) in [5, 5.41) is 11.8. The van der Waals surface area contributed by atoms with E-state index in [1.54, 1.807) is 16.7 Å². The predicted molar refractivity (Wildman–Crippen MR) is 174 cm³/mol.